The van der Waals surface area contributed by atoms with Crippen molar-refractivity contribution in [1.29, 1.82) is 0 Å². The molecule has 0 aromatic heterocycles. The summed E-state index contributed by atoms with van der Waals surface area (Å²) in [5, 5.41) is 0. The summed E-state index contributed by atoms with van der Waals surface area (Å²) in [5.41, 5.74) is 0. The van der Waals surface area contributed by atoms with Gasteiger partial charge >= 0.3 is 17.9 Å². The first-order valence-corrected chi connectivity index (χ1v) is 24.4. The summed E-state index contributed by atoms with van der Waals surface area (Å²) >= 11 is 0. The summed E-state index contributed by atoms with van der Waals surface area (Å²) in [5.74, 6) is -0.0977. The second kappa shape index (κ2) is 43.5. The van der Waals surface area contributed by atoms with Gasteiger partial charge in [-0.3, -0.25) is 14.4 Å². The van der Waals surface area contributed by atoms with E-state index >= 15 is 0 Å². The summed E-state index contributed by atoms with van der Waals surface area (Å²) in [7, 11) is 0. The Morgan fingerprint density at radius 1 is 0.345 bits per heavy atom. The molecule has 0 aromatic carbocycles. The molecule has 0 radical (unpaired) electrons. The predicted molar refractivity (Wildman–Crippen MR) is 233 cm³/mol. The Kier molecular flexibility index (Phi) is 42.3. The fraction of sp³-hybridized carbons (Fsp3) is 0.939. The number of unbranched alkanes of at least 4 members (excludes halogenated alkanes) is 31. The number of carbonyl (C=O) groups excluding carboxylic acids is 3. The number of hydrogen-bond donors (Lipinski definition) is 0. The van der Waals surface area contributed by atoms with E-state index in [4.69, 9.17) is 14.2 Å². The summed E-state index contributed by atoms with van der Waals surface area (Å²) in [4.78, 5) is 37.7. The van der Waals surface area contributed by atoms with Gasteiger partial charge in [-0.25, -0.2) is 0 Å². The molecule has 0 saturated heterocycles. The van der Waals surface area contributed by atoms with Crippen molar-refractivity contribution in [2.75, 3.05) is 13.2 Å². The fourth-order valence-corrected chi connectivity index (χ4v) is 7.33. The van der Waals surface area contributed by atoms with Crippen molar-refractivity contribution in [2.45, 2.75) is 278 Å². The van der Waals surface area contributed by atoms with Crippen LogP contribution in [0.1, 0.15) is 272 Å². The van der Waals surface area contributed by atoms with Gasteiger partial charge in [-0.05, 0) is 25.2 Å². The number of ether oxygens (including phenoxy) is 3. The molecule has 55 heavy (non-hydrogen) atoms. The zero-order valence-corrected chi connectivity index (χ0v) is 37.4. The third-order valence-corrected chi connectivity index (χ3v) is 11.0. The van der Waals surface area contributed by atoms with Crippen molar-refractivity contribution in [3.8, 4) is 0 Å². The molecule has 6 nitrogen and oxygen atoms in total. The van der Waals surface area contributed by atoms with E-state index < -0.39 is 6.10 Å². The molecule has 0 fully saturated rings. The highest BCUT2D eigenvalue weighted by Gasteiger charge is 2.19. The highest BCUT2D eigenvalue weighted by molar-refractivity contribution is 5.71. The van der Waals surface area contributed by atoms with Gasteiger partial charge in [0.2, 0.25) is 0 Å². The van der Waals surface area contributed by atoms with Gasteiger partial charge in [0, 0.05) is 19.3 Å². The Balaban J connectivity index is 4.20. The van der Waals surface area contributed by atoms with Gasteiger partial charge in [-0.2, -0.15) is 0 Å². The smallest absolute Gasteiger partial charge is 0.306 e. The SMILES string of the molecule is CCCCCCCCCCCCCCCCCCCCC(=O)OC[C@@H](COC(=O)CCCCCCCCCCCC)OC(=O)CCCCCCCCC(C)C. The molecule has 0 N–H and O–H groups in total. The van der Waals surface area contributed by atoms with Gasteiger partial charge in [-0.1, -0.05) is 233 Å². The van der Waals surface area contributed by atoms with E-state index in [-0.39, 0.29) is 31.1 Å². The van der Waals surface area contributed by atoms with Crippen LogP contribution >= 0.6 is 0 Å². The van der Waals surface area contributed by atoms with E-state index in [1.165, 1.54) is 167 Å². The van der Waals surface area contributed by atoms with Crippen LogP contribution in [0.3, 0.4) is 0 Å². The molecule has 0 aliphatic heterocycles. The number of rotatable bonds is 44. The van der Waals surface area contributed by atoms with Gasteiger partial charge in [0.15, 0.2) is 6.10 Å². The molecule has 0 aliphatic carbocycles. The zero-order valence-electron chi connectivity index (χ0n) is 37.4. The highest BCUT2D eigenvalue weighted by atomic mass is 16.6. The van der Waals surface area contributed by atoms with Crippen LogP contribution in [-0.4, -0.2) is 37.2 Å². The first-order valence-electron chi connectivity index (χ1n) is 24.4. The lowest BCUT2D eigenvalue weighted by atomic mass is 10.0. The third-order valence-electron chi connectivity index (χ3n) is 11.0. The molecule has 0 rings (SSSR count). The normalized spacial score (nSPS) is 11.9. The summed E-state index contributed by atoms with van der Waals surface area (Å²) in [6.07, 6.45) is 43.9. The second-order valence-electron chi connectivity index (χ2n) is 17.2. The maximum atomic E-state index is 12.7. The minimum Gasteiger partial charge on any atom is -0.462 e. The number of hydrogen-bond acceptors (Lipinski definition) is 6. The monoisotopic (exact) mass is 779 g/mol. The maximum absolute atomic E-state index is 12.7. The van der Waals surface area contributed by atoms with Crippen LogP contribution in [0, 0.1) is 5.92 Å². The quantitative estimate of drug-likeness (QED) is 0.0348. The average Bonchev–Trinajstić information content (AvgIpc) is 3.17. The van der Waals surface area contributed by atoms with Crippen LogP contribution in [0.2, 0.25) is 0 Å². The fourth-order valence-electron chi connectivity index (χ4n) is 7.33. The van der Waals surface area contributed by atoms with Gasteiger partial charge in [0.05, 0.1) is 0 Å². The largest absolute Gasteiger partial charge is 0.462 e. The predicted octanol–water partition coefficient (Wildman–Crippen LogP) is 15.5. The zero-order chi connectivity index (χ0) is 40.3. The molecule has 326 valence electrons. The molecule has 0 unspecified atom stereocenters. The maximum Gasteiger partial charge on any atom is 0.306 e. The summed E-state index contributed by atoms with van der Waals surface area (Å²) in [6, 6.07) is 0. The first-order chi connectivity index (χ1) is 26.9. The Bertz CT molecular complexity index is 826. The van der Waals surface area contributed by atoms with Crippen molar-refractivity contribution in [3.05, 3.63) is 0 Å². The molecule has 0 amide bonds. The van der Waals surface area contributed by atoms with Crippen molar-refractivity contribution < 1.29 is 28.6 Å². The van der Waals surface area contributed by atoms with E-state index in [2.05, 4.69) is 27.7 Å². The number of esters is 3. The van der Waals surface area contributed by atoms with Gasteiger partial charge in [0.1, 0.15) is 13.2 Å². The Morgan fingerprint density at radius 3 is 0.891 bits per heavy atom. The van der Waals surface area contributed by atoms with Crippen LogP contribution in [-0.2, 0) is 28.6 Å². The van der Waals surface area contributed by atoms with E-state index in [9.17, 15) is 14.4 Å². The van der Waals surface area contributed by atoms with Crippen molar-refractivity contribution in [1.82, 2.24) is 0 Å². The minimum absolute atomic E-state index is 0.0645. The Morgan fingerprint density at radius 2 is 0.600 bits per heavy atom. The standard InChI is InChI=1S/C49H94O6/c1-5-7-9-11-13-15-17-18-19-20-21-22-23-24-26-28-33-37-41-48(51)54-44-46(55-49(52)42-38-34-30-29-31-35-39-45(3)4)43-53-47(50)40-36-32-27-25-16-14-12-10-8-6-2/h45-46H,5-44H2,1-4H3/t46-/m1/s1. The lowest BCUT2D eigenvalue weighted by Crippen LogP contribution is -2.30. The molecule has 0 saturated carbocycles. The summed E-state index contributed by atoms with van der Waals surface area (Å²) in [6.45, 7) is 8.93. The van der Waals surface area contributed by atoms with Gasteiger partial charge in [0.25, 0.3) is 0 Å². The van der Waals surface area contributed by atoms with E-state index in [0.717, 1.165) is 63.7 Å². The summed E-state index contributed by atoms with van der Waals surface area (Å²) < 4.78 is 16.7. The van der Waals surface area contributed by atoms with E-state index in [1.54, 1.807) is 0 Å². The lowest BCUT2D eigenvalue weighted by Gasteiger charge is -2.18. The van der Waals surface area contributed by atoms with Crippen molar-refractivity contribution in [2.24, 2.45) is 5.92 Å². The third kappa shape index (κ3) is 43.4. The topological polar surface area (TPSA) is 78.9 Å². The second-order valence-corrected chi connectivity index (χ2v) is 17.2. The highest BCUT2D eigenvalue weighted by Crippen LogP contribution is 2.16. The molecule has 0 aliphatic rings. The molecule has 6 heteroatoms. The average molecular weight is 779 g/mol. The van der Waals surface area contributed by atoms with E-state index in [1.807, 2.05) is 0 Å². The van der Waals surface area contributed by atoms with Crippen LogP contribution < -0.4 is 0 Å². The van der Waals surface area contributed by atoms with Crippen molar-refractivity contribution >= 4 is 17.9 Å². The lowest BCUT2D eigenvalue weighted by molar-refractivity contribution is -0.167. The van der Waals surface area contributed by atoms with Crippen LogP contribution in [0.25, 0.3) is 0 Å². The van der Waals surface area contributed by atoms with Crippen molar-refractivity contribution in [3.63, 3.8) is 0 Å². The van der Waals surface area contributed by atoms with Crippen LogP contribution in [0.15, 0.2) is 0 Å². The van der Waals surface area contributed by atoms with Gasteiger partial charge < -0.3 is 14.2 Å². The molecular weight excluding hydrogens is 685 g/mol. The molecule has 0 spiro atoms. The number of carbonyl (C=O) groups is 3. The van der Waals surface area contributed by atoms with Crippen LogP contribution in [0.4, 0.5) is 0 Å². The Labute approximate surface area is 342 Å². The molecule has 0 bridgehead atoms. The molecular formula is C49H94O6. The molecule has 0 heterocycles. The van der Waals surface area contributed by atoms with E-state index in [0.29, 0.717) is 19.3 Å². The first kappa shape index (κ1) is 53.4. The molecule has 0 aromatic rings. The molecule has 1 atom stereocenters. The van der Waals surface area contributed by atoms with Gasteiger partial charge in [-0.15, -0.1) is 0 Å². The Hall–Kier alpha value is -1.59. The minimum atomic E-state index is -0.760. The van der Waals surface area contributed by atoms with Crippen LogP contribution in [0.5, 0.6) is 0 Å².